The lowest BCUT2D eigenvalue weighted by Gasteiger charge is -2.12. The molecule has 0 saturated heterocycles. The van der Waals surface area contributed by atoms with Crippen LogP contribution in [-0.2, 0) is 11.2 Å². The number of hydrazine groups is 1. The number of benzene rings is 2. The Morgan fingerprint density at radius 1 is 1.10 bits per heavy atom. The van der Waals surface area contributed by atoms with Gasteiger partial charge in [-0.05, 0) is 70.5 Å². The fraction of sp³-hybridized carbons (Fsp3) is 0.250. The molecule has 0 aliphatic carbocycles. The lowest BCUT2D eigenvalue weighted by molar-refractivity contribution is -0.121. The first kappa shape index (κ1) is 22.6. The van der Waals surface area contributed by atoms with E-state index in [1.54, 1.807) is 49.6 Å². The summed E-state index contributed by atoms with van der Waals surface area (Å²) in [7, 11) is 1.58. The summed E-state index contributed by atoms with van der Waals surface area (Å²) in [5.74, 6) is 0.671. The number of carbonyl (C=O) groups is 2. The van der Waals surface area contributed by atoms with E-state index in [4.69, 9.17) is 21.7 Å². The molecule has 2 aromatic carbocycles. The molecule has 0 atom stereocenters. The highest BCUT2D eigenvalue weighted by atomic mass is 79.9. The number of hydrogen-bond donors (Lipinski definition) is 3. The highest BCUT2D eigenvalue weighted by molar-refractivity contribution is 9.10. The van der Waals surface area contributed by atoms with Gasteiger partial charge in [-0.25, -0.2) is 0 Å². The van der Waals surface area contributed by atoms with Crippen LogP contribution in [0.25, 0.3) is 0 Å². The Bertz CT molecular complexity index is 875. The maximum Gasteiger partial charge on any atom is 0.257 e. The van der Waals surface area contributed by atoms with Crippen molar-refractivity contribution in [3.63, 3.8) is 0 Å². The van der Waals surface area contributed by atoms with Crippen molar-refractivity contribution in [1.82, 2.24) is 16.2 Å². The largest absolute Gasteiger partial charge is 0.497 e. The molecular weight excluding hydrogens is 458 g/mol. The normalized spacial score (nSPS) is 10.0. The average molecular weight is 480 g/mol. The van der Waals surface area contributed by atoms with Gasteiger partial charge in [-0.2, -0.15) is 0 Å². The molecule has 2 rings (SSSR count). The monoisotopic (exact) mass is 479 g/mol. The molecule has 0 saturated carbocycles. The van der Waals surface area contributed by atoms with E-state index in [-0.39, 0.29) is 17.4 Å². The van der Waals surface area contributed by atoms with E-state index in [0.29, 0.717) is 28.1 Å². The molecule has 0 spiro atoms. The van der Waals surface area contributed by atoms with Gasteiger partial charge in [0.15, 0.2) is 5.11 Å². The number of hydrogen-bond acceptors (Lipinski definition) is 5. The zero-order valence-electron chi connectivity index (χ0n) is 16.1. The van der Waals surface area contributed by atoms with Crippen LogP contribution in [0.1, 0.15) is 29.3 Å². The summed E-state index contributed by atoms with van der Waals surface area (Å²) >= 11 is 8.44. The minimum atomic E-state index is -0.408. The molecule has 29 heavy (non-hydrogen) atoms. The highest BCUT2D eigenvalue weighted by Gasteiger charge is 2.11. The standard InChI is InChI=1S/C20H22BrN3O4S/c1-3-10-28-17-9-6-14(12-16(17)21)19(26)22-20(29)24-23-18(25)11-13-4-7-15(27-2)8-5-13/h4-9,12H,3,10-11H2,1-2H3,(H,23,25)(H2,22,24,26,29). The third kappa shape index (κ3) is 7.35. The summed E-state index contributed by atoms with van der Waals surface area (Å²) in [4.78, 5) is 24.3. The predicted octanol–water partition coefficient (Wildman–Crippen LogP) is 3.12. The maximum absolute atomic E-state index is 12.3. The average Bonchev–Trinajstić information content (AvgIpc) is 2.72. The van der Waals surface area contributed by atoms with Crippen molar-refractivity contribution >= 4 is 45.1 Å². The van der Waals surface area contributed by atoms with Crippen LogP contribution in [0.3, 0.4) is 0 Å². The molecule has 0 heterocycles. The third-order valence-corrected chi connectivity index (χ3v) is 4.55. The summed E-state index contributed by atoms with van der Waals surface area (Å²) in [5, 5.41) is 2.50. The Balaban J connectivity index is 1.81. The molecule has 0 aliphatic rings. The Morgan fingerprint density at radius 2 is 1.83 bits per heavy atom. The Morgan fingerprint density at radius 3 is 2.45 bits per heavy atom. The highest BCUT2D eigenvalue weighted by Crippen LogP contribution is 2.26. The fourth-order valence-electron chi connectivity index (χ4n) is 2.28. The predicted molar refractivity (Wildman–Crippen MR) is 118 cm³/mol. The van der Waals surface area contributed by atoms with E-state index in [1.165, 1.54) is 0 Å². The van der Waals surface area contributed by atoms with Crippen LogP contribution in [0.15, 0.2) is 46.9 Å². The van der Waals surface area contributed by atoms with Crippen LogP contribution in [0.4, 0.5) is 0 Å². The van der Waals surface area contributed by atoms with Crippen molar-refractivity contribution < 1.29 is 19.1 Å². The molecule has 7 nitrogen and oxygen atoms in total. The van der Waals surface area contributed by atoms with E-state index in [2.05, 4.69) is 32.1 Å². The van der Waals surface area contributed by atoms with Crippen LogP contribution >= 0.6 is 28.1 Å². The zero-order valence-corrected chi connectivity index (χ0v) is 18.5. The van der Waals surface area contributed by atoms with Crippen molar-refractivity contribution in [2.75, 3.05) is 13.7 Å². The summed E-state index contributed by atoms with van der Waals surface area (Å²) < 4.78 is 11.3. The first-order valence-corrected chi connectivity index (χ1v) is 10.1. The number of amides is 2. The van der Waals surface area contributed by atoms with Gasteiger partial charge in [0.2, 0.25) is 5.91 Å². The Labute approximate surface area is 183 Å². The van der Waals surface area contributed by atoms with Crippen LogP contribution in [0.5, 0.6) is 11.5 Å². The summed E-state index contributed by atoms with van der Waals surface area (Å²) in [5.41, 5.74) is 6.19. The molecule has 2 aromatic rings. The SMILES string of the molecule is CCCOc1ccc(C(=O)NC(=S)NNC(=O)Cc2ccc(OC)cc2)cc1Br. The molecule has 0 unspecified atom stereocenters. The van der Waals surface area contributed by atoms with Gasteiger partial charge in [0.1, 0.15) is 11.5 Å². The molecule has 0 radical (unpaired) electrons. The van der Waals surface area contributed by atoms with Crippen molar-refractivity contribution in [2.45, 2.75) is 19.8 Å². The molecule has 0 fully saturated rings. The quantitative estimate of drug-likeness (QED) is 0.417. The second kappa shape index (κ2) is 11.4. The van der Waals surface area contributed by atoms with Gasteiger partial charge in [0.25, 0.3) is 5.91 Å². The minimum absolute atomic E-state index is 0.0134. The molecule has 0 aliphatic heterocycles. The number of thiocarbonyl (C=S) groups is 1. The number of halogens is 1. The molecule has 2 amide bonds. The molecule has 9 heteroatoms. The van der Waals surface area contributed by atoms with Crippen LogP contribution in [-0.4, -0.2) is 30.6 Å². The summed E-state index contributed by atoms with van der Waals surface area (Å²) in [6.07, 6.45) is 1.04. The first-order valence-electron chi connectivity index (χ1n) is 8.88. The number of methoxy groups -OCH3 is 1. The molecule has 0 bridgehead atoms. The topological polar surface area (TPSA) is 88.7 Å². The van der Waals surface area contributed by atoms with Crippen molar-refractivity contribution in [3.05, 3.63) is 58.1 Å². The van der Waals surface area contributed by atoms with Crippen LogP contribution < -0.4 is 25.6 Å². The first-order chi connectivity index (χ1) is 13.9. The van der Waals surface area contributed by atoms with Gasteiger partial charge in [0.05, 0.1) is 24.6 Å². The third-order valence-electron chi connectivity index (χ3n) is 3.72. The van der Waals surface area contributed by atoms with Crippen molar-refractivity contribution in [3.8, 4) is 11.5 Å². The fourth-order valence-corrected chi connectivity index (χ4v) is 2.91. The van der Waals surface area contributed by atoms with E-state index < -0.39 is 5.91 Å². The summed E-state index contributed by atoms with van der Waals surface area (Å²) in [6, 6.07) is 12.1. The second-order valence-corrected chi connectivity index (χ2v) is 7.24. The summed E-state index contributed by atoms with van der Waals surface area (Å²) in [6.45, 7) is 2.60. The molecule has 0 aromatic heterocycles. The van der Waals surface area contributed by atoms with Crippen LogP contribution in [0.2, 0.25) is 0 Å². The lowest BCUT2D eigenvalue weighted by Crippen LogP contribution is -2.48. The number of ether oxygens (including phenoxy) is 2. The van der Waals surface area contributed by atoms with E-state index in [1.807, 2.05) is 6.92 Å². The minimum Gasteiger partial charge on any atom is -0.497 e. The smallest absolute Gasteiger partial charge is 0.257 e. The Hall–Kier alpha value is -2.65. The second-order valence-electron chi connectivity index (χ2n) is 5.97. The van der Waals surface area contributed by atoms with Gasteiger partial charge in [0, 0.05) is 5.56 Å². The van der Waals surface area contributed by atoms with E-state index >= 15 is 0 Å². The van der Waals surface area contributed by atoms with Gasteiger partial charge in [-0.15, -0.1) is 0 Å². The number of carbonyl (C=O) groups excluding carboxylic acids is 2. The van der Waals surface area contributed by atoms with Gasteiger partial charge in [-0.1, -0.05) is 19.1 Å². The molecule has 154 valence electrons. The number of nitrogens with one attached hydrogen (secondary N) is 3. The van der Waals surface area contributed by atoms with E-state index in [0.717, 1.165) is 12.0 Å². The molecular formula is C20H22BrN3O4S. The van der Waals surface area contributed by atoms with E-state index in [9.17, 15) is 9.59 Å². The van der Waals surface area contributed by atoms with Crippen molar-refractivity contribution in [2.24, 2.45) is 0 Å². The van der Waals surface area contributed by atoms with Gasteiger partial charge < -0.3 is 9.47 Å². The van der Waals surface area contributed by atoms with Gasteiger partial charge in [-0.3, -0.25) is 25.8 Å². The van der Waals surface area contributed by atoms with Gasteiger partial charge >= 0.3 is 0 Å². The zero-order chi connectivity index (χ0) is 21.2. The maximum atomic E-state index is 12.3. The molecule has 3 N–H and O–H groups in total. The number of rotatable bonds is 7. The van der Waals surface area contributed by atoms with Crippen LogP contribution in [0, 0.1) is 0 Å². The Kier molecular flexibility index (Phi) is 8.88. The lowest BCUT2D eigenvalue weighted by atomic mass is 10.1. The van der Waals surface area contributed by atoms with Crippen molar-refractivity contribution in [1.29, 1.82) is 0 Å².